The fourth-order valence-corrected chi connectivity index (χ4v) is 5.82. The molecule has 0 N–H and O–H groups in total. The monoisotopic (exact) mass is 448 g/mol. The molecule has 1 aliphatic carbocycles. The Morgan fingerprint density at radius 1 is 1.20 bits per heavy atom. The molecular weight excluding hydrogens is 412 g/mol. The van der Waals surface area contributed by atoms with Crippen LogP contribution in [0.4, 0.5) is 5.13 Å². The van der Waals surface area contributed by atoms with Gasteiger partial charge in [0.05, 0.1) is 18.7 Å². The summed E-state index contributed by atoms with van der Waals surface area (Å²) in [5.74, 6) is 1.29. The lowest BCUT2D eigenvalue weighted by atomic mass is 9.82. The van der Waals surface area contributed by atoms with Gasteiger partial charge in [-0.25, -0.2) is 4.98 Å². The van der Waals surface area contributed by atoms with Crippen LogP contribution in [0.1, 0.15) is 88.1 Å². The summed E-state index contributed by atoms with van der Waals surface area (Å²) in [5, 5.41) is 3.26. The van der Waals surface area contributed by atoms with Crippen LogP contribution >= 0.6 is 22.7 Å². The number of esters is 1. The molecule has 0 aliphatic heterocycles. The topological polar surface area (TPSA) is 42.4 Å². The first-order valence-corrected chi connectivity index (χ1v) is 12.9. The SMILES string of the molecule is CCc1ccc(CN(CCC(=O)OC(C)(C)C)c2nc(C3CCC(C)CC3)cs2)s1. The van der Waals surface area contributed by atoms with Crippen LogP contribution in [0.5, 0.6) is 0 Å². The first-order chi connectivity index (χ1) is 14.2. The van der Waals surface area contributed by atoms with Crippen LogP contribution in [-0.2, 0) is 22.5 Å². The Labute approximate surface area is 189 Å². The number of aromatic nitrogens is 1. The van der Waals surface area contributed by atoms with Crippen molar-refractivity contribution in [1.82, 2.24) is 4.98 Å². The molecule has 2 aromatic heterocycles. The summed E-state index contributed by atoms with van der Waals surface area (Å²) in [6.45, 7) is 11.7. The molecular formula is C24H36N2O2S2. The van der Waals surface area contributed by atoms with Gasteiger partial charge in [0.1, 0.15) is 5.60 Å². The maximum absolute atomic E-state index is 12.3. The number of anilines is 1. The number of carbonyl (C=O) groups excluding carboxylic acids is 1. The van der Waals surface area contributed by atoms with Gasteiger partial charge >= 0.3 is 5.97 Å². The lowest BCUT2D eigenvalue weighted by Crippen LogP contribution is -2.29. The molecule has 0 unspecified atom stereocenters. The molecule has 0 aromatic carbocycles. The van der Waals surface area contributed by atoms with Crippen molar-refractivity contribution in [1.29, 1.82) is 0 Å². The molecule has 0 atom stereocenters. The summed E-state index contributed by atoms with van der Waals surface area (Å²) in [4.78, 5) is 22.3. The number of thiazole rings is 1. The van der Waals surface area contributed by atoms with Crippen LogP contribution in [0.25, 0.3) is 0 Å². The molecule has 0 saturated heterocycles. The summed E-state index contributed by atoms with van der Waals surface area (Å²) in [5.41, 5.74) is 0.794. The molecule has 1 aliphatic rings. The molecule has 3 rings (SSSR count). The van der Waals surface area contributed by atoms with Gasteiger partial charge in [-0.15, -0.1) is 22.7 Å². The molecule has 0 bridgehead atoms. The van der Waals surface area contributed by atoms with E-state index >= 15 is 0 Å². The van der Waals surface area contributed by atoms with E-state index in [9.17, 15) is 4.79 Å². The van der Waals surface area contributed by atoms with E-state index in [1.54, 1.807) is 11.3 Å². The minimum Gasteiger partial charge on any atom is -0.460 e. The molecule has 6 heteroatoms. The Bertz CT molecular complexity index is 813. The van der Waals surface area contributed by atoms with Gasteiger partial charge in [-0.1, -0.05) is 26.7 Å². The van der Waals surface area contributed by atoms with Gasteiger partial charge in [0.15, 0.2) is 5.13 Å². The molecule has 166 valence electrons. The Balaban J connectivity index is 1.70. The Kier molecular flexibility index (Phi) is 7.97. The van der Waals surface area contributed by atoms with Crippen LogP contribution in [-0.4, -0.2) is 23.1 Å². The van der Waals surface area contributed by atoms with Crippen molar-refractivity contribution in [3.8, 4) is 0 Å². The average molecular weight is 449 g/mol. The smallest absolute Gasteiger partial charge is 0.308 e. The van der Waals surface area contributed by atoms with E-state index in [1.165, 1.54) is 41.1 Å². The first kappa shape index (κ1) is 23.3. The lowest BCUT2D eigenvalue weighted by molar-refractivity contribution is -0.154. The summed E-state index contributed by atoms with van der Waals surface area (Å²) in [6.07, 6.45) is 6.52. The zero-order valence-corrected chi connectivity index (χ0v) is 20.7. The number of carbonyl (C=O) groups is 1. The van der Waals surface area contributed by atoms with Crippen molar-refractivity contribution >= 4 is 33.8 Å². The molecule has 2 aromatic rings. The number of thiophene rings is 1. The normalized spacial score (nSPS) is 19.6. The maximum atomic E-state index is 12.3. The standard InChI is InChI=1S/C24H36N2O2S2/c1-6-19-11-12-20(30-19)15-26(14-13-22(27)28-24(3,4)5)23-25-21(16-29-23)18-9-7-17(2)8-10-18/h11-12,16-18H,6-10,13-15H2,1-5H3. The molecule has 0 amide bonds. The van der Waals surface area contributed by atoms with Gasteiger partial charge in [-0.05, 0) is 58.1 Å². The Hall–Kier alpha value is -1.40. The predicted octanol–water partition coefficient (Wildman–Crippen LogP) is 6.80. The number of nitrogens with zero attached hydrogens (tertiary/aromatic N) is 2. The van der Waals surface area contributed by atoms with E-state index in [2.05, 4.69) is 36.3 Å². The Morgan fingerprint density at radius 3 is 2.53 bits per heavy atom. The van der Waals surface area contributed by atoms with E-state index in [0.29, 0.717) is 18.9 Å². The fourth-order valence-electron chi connectivity index (χ4n) is 3.91. The van der Waals surface area contributed by atoms with E-state index in [-0.39, 0.29) is 5.97 Å². The first-order valence-electron chi connectivity index (χ1n) is 11.2. The van der Waals surface area contributed by atoms with Crippen molar-refractivity contribution in [2.75, 3.05) is 11.4 Å². The minimum absolute atomic E-state index is 0.147. The highest BCUT2D eigenvalue weighted by atomic mass is 32.1. The highest BCUT2D eigenvalue weighted by Crippen LogP contribution is 2.37. The van der Waals surface area contributed by atoms with Crippen molar-refractivity contribution in [2.24, 2.45) is 5.92 Å². The Morgan fingerprint density at radius 2 is 1.90 bits per heavy atom. The molecule has 30 heavy (non-hydrogen) atoms. The van der Waals surface area contributed by atoms with Crippen LogP contribution in [0.15, 0.2) is 17.5 Å². The number of aryl methyl sites for hydroxylation is 1. The molecule has 0 radical (unpaired) electrons. The van der Waals surface area contributed by atoms with Crippen molar-refractivity contribution in [3.63, 3.8) is 0 Å². The molecule has 4 nitrogen and oxygen atoms in total. The van der Waals surface area contributed by atoms with E-state index in [0.717, 1.165) is 24.0 Å². The zero-order chi connectivity index (χ0) is 21.7. The fraction of sp³-hybridized carbons (Fsp3) is 0.667. The van der Waals surface area contributed by atoms with Crippen LogP contribution in [0, 0.1) is 5.92 Å². The highest BCUT2D eigenvalue weighted by Gasteiger charge is 2.24. The quantitative estimate of drug-likeness (QED) is 0.417. The maximum Gasteiger partial charge on any atom is 0.308 e. The zero-order valence-electron chi connectivity index (χ0n) is 19.1. The summed E-state index contributed by atoms with van der Waals surface area (Å²) in [7, 11) is 0. The molecule has 1 saturated carbocycles. The van der Waals surface area contributed by atoms with E-state index in [4.69, 9.17) is 9.72 Å². The minimum atomic E-state index is -0.446. The number of hydrogen-bond donors (Lipinski definition) is 0. The second-order valence-corrected chi connectivity index (χ2v) is 11.6. The third-order valence-electron chi connectivity index (χ3n) is 5.63. The molecule has 1 fully saturated rings. The van der Waals surface area contributed by atoms with Crippen molar-refractivity contribution in [2.45, 2.75) is 91.2 Å². The largest absolute Gasteiger partial charge is 0.460 e. The van der Waals surface area contributed by atoms with E-state index in [1.807, 2.05) is 32.1 Å². The van der Waals surface area contributed by atoms with Crippen molar-refractivity contribution < 1.29 is 9.53 Å². The van der Waals surface area contributed by atoms with Crippen LogP contribution in [0.2, 0.25) is 0 Å². The highest BCUT2D eigenvalue weighted by molar-refractivity contribution is 7.14. The van der Waals surface area contributed by atoms with Crippen LogP contribution < -0.4 is 4.90 Å². The second kappa shape index (κ2) is 10.3. The molecule has 0 spiro atoms. The van der Waals surface area contributed by atoms with Gasteiger partial charge in [-0.3, -0.25) is 4.79 Å². The lowest BCUT2D eigenvalue weighted by Gasteiger charge is -2.25. The number of hydrogen-bond acceptors (Lipinski definition) is 6. The van der Waals surface area contributed by atoms with Crippen LogP contribution in [0.3, 0.4) is 0 Å². The van der Waals surface area contributed by atoms with Crippen molar-refractivity contribution in [3.05, 3.63) is 33.0 Å². The van der Waals surface area contributed by atoms with Gasteiger partial charge < -0.3 is 9.64 Å². The predicted molar refractivity (Wildman–Crippen MR) is 128 cm³/mol. The third-order valence-corrected chi connectivity index (χ3v) is 7.77. The second-order valence-electron chi connectivity index (χ2n) is 9.49. The third kappa shape index (κ3) is 6.81. The van der Waals surface area contributed by atoms with Gasteiger partial charge in [0.25, 0.3) is 0 Å². The number of rotatable bonds is 8. The number of ether oxygens (including phenoxy) is 1. The summed E-state index contributed by atoms with van der Waals surface area (Å²) in [6, 6.07) is 4.42. The summed E-state index contributed by atoms with van der Waals surface area (Å²) >= 11 is 3.57. The van der Waals surface area contributed by atoms with E-state index < -0.39 is 5.60 Å². The molecule has 2 heterocycles. The van der Waals surface area contributed by atoms with Gasteiger partial charge in [0.2, 0.25) is 0 Å². The van der Waals surface area contributed by atoms with Gasteiger partial charge in [-0.2, -0.15) is 0 Å². The average Bonchev–Trinajstić information content (AvgIpc) is 3.34. The summed E-state index contributed by atoms with van der Waals surface area (Å²) < 4.78 is 5.53. The van der Waals surface area contributed by atoms with Gasteiger partial charge in [0, 0.05) is 27.6 Å².